The van der Waals surface area contributed by atoms with Crippen LogP contribution in [0, 0.1) is 16.0 Å². The van der Waals surface area contributed by atoms with E-state index < -0.39 is 14.8 Å². The van der Waals surface area contributed by atoms with Crippen molar-refractivity contribution in [3.05, 3.63) is 28.3 Å². The van der Waals surface area contributed by atoms with Crippen LogP contribution in [-0.2, 0) is 14.6 Å². The van der Waals surface area contributed by atoms with E-state index in [1.165, 1.54) is 12.1 Å². The summed E-state index contributed by atoms with van der Waals surface area (Å²) in [5, 5.41) is 14.4. The number of nitro groups is 1. The Morgan fingerprint density at radius 2 is 1.92 bits per heavy atom. The van der Waals surface area contributed by atoms with E-state index in [0.717, 1.165) is 12.3 Å². The van der Waals surface area contributed by atoms with Crippen molar-refractivity contribution in [3.8, 4) is 0 Å². The van der Waals surface area contributed by atoms with Crippen molar-refractivity contribution in [1.29, 1.82) is 0 Å². The van der Waals surface area contributed by atoms with Gasteiger partial charge in [-0.3, -0.25) is 14.9 Å². The number of nitrogens with zero attached hydrogens (tertiary/aromatic N) is 3. The maximum absolute atomic E-state index is 12.4. The second kappa shape index (κ2) is 8.00. The highest BCUT2D eigenvalue weighted by Gasteiger charge is 2.28. The van der Waals surface area contributed by atoms with Crippen LogP contribution in [0.5, 0.6) is 0 Å². The van der Waals surface area contributed by atoms with Crippen molar-refractivity contribution in [3.63, 3.8) is 0 Å². The molecule has 1 amide bonds. The second-order valence-corrected chi connectivity index (χ2v) is 8.47. The average molecular weight is 384 g/mol. The van der Waals surface area contributed by atoms with Gasteiger partial charge in [0.25, 0.3) is 5.69 Å². The Kier molecular flexibility index (Phi) is 6.19. The van der Waals surface area contributed by atoms with Gasteiger partial charge >= 0.3 is 0 Å². The van der Waals surface area contributed by atoms with Gasteiger partial charge in [-0.1, -0.05) is 6.92 Å². The molecule has 1 atom stereocenters. The quantitative estimate of drug-likeness (QED) is 0.561. The van der Waals surface area contributed by atoms with Crippen molar-refractivity contribution in [2.75, 3.05) is 50.9 Å². The van der Waals surface area contributed by atoms with Gasteiger partial charge in [-0.15, -0.1) is 0 Å². The fourth-order valence-electron chi connectivity index (χ4n) is 3.02. The second-order valence-electron chi connectivity index (χ2n) is 6.45. The SMILES string of the molecule is CNCC(C)C(=O)N1CCN(c2ccc(S(C)(=O)=O)cc2[N+](=O)[O-])CC1. The van der Waals surface area contributed by atoms with Gasteiger partial charge in [0.1, 0.15) is 5.69 Å². The molecule has 1 aliphatic heterocycles. The highest BCUT2D eigenvalue weighted by atomic mass is 32.2. The van der Waals surface area contributed by atoms with E-state index in [4.69, 9.17) is 0 Å². The summed E-state index contributed by atoms with van der Waals surface area (Å²) in [7, 11) is -1.73. The van der Waals surface area contributed by atoms with Crippen LogP contribution in [0.3, 0.4) is 0 Å². The molecule has 10 heteroatoms. The van der Waals surface area contributed by atoms with Gasteiger partial charge in [0.2, 0.25) is 5.91 Å². The third-order valence-corrected chi connectivity index (χ3v) is 5.55. The number of benzene rings is 1. The number of hydrogen-bond donors (Lipinski definition) is 1. The lowest BCUT2D eigenvalue weighted by Gasteiger charge is -2.37. The molecule has 26 heavy (non-hydrogen) atoms. The maximum atomic E-state index is 12.4. The van der Waals surface area contributed by atoms with Crippen LogP contribution in [0.2, 0.25) is 0 Å². The van der Waals surface area contributed by atoms with Crippen molar-refractivity contribution in [1.82, 2.24) is 10.2 Å². The number of nitro benzene ring substituents is 1. The first-order valence-electron chi connectivity index (χ1n) is 8.32. The van der Waals surface area contributed by atoms with E-state index in [9.17, 15) is 23.3 Å². The fourth-order valence-corrected chi connectivity index (χ4v) is 3.66. The van der Waals surface area contributed by atoms with Gasteiger partial charge in [-0.2, -0.15) is 0 Å². The average Bonchev–Trinajstić information content (AvgIpc) is 2.60. The lowest BCUT2D eigenvalue weighted by atomic mass is 10.1. The number of nitrogens with one attached hydrogen (secondary N) is 1. The Labute approximate surface area is 153 Å². The number of sulfone groups is 1. The van der Waals surface area contributed by atoms with Gasteiger partial charge in [0.05, 0.1) is 9.82 Å². The summed E-state index contributed by atoms with van der Waals surface area (Å²) in [6.45, 7) is 4.31. The molecule has 1 unspecified atom stereocenters. The van der Waals surface area contributed by atoms with Gasteiger partial charge in [-0.05, 0) is 19.2 Å². The summed E-state index contributed by atoms with van der Waals surface area (Å²) >= 11 is 0. The molecule has 1 aliphatic rings. The number of rotatable bonds is 6. The summed E-state index contributed by atoms with van der Waals surface area (Å²) in [5.41, 5.74) is 0.133. The summed E-state index contributed by atoms with van der Waals surface area (Å²) in [6, 6.07) is 3.94. The number of amides is 1. The van der Waals surface area contributed by atoms with E-state index in [0.29, 0.717) is 38.4 Å². The minimum absolute atomic E-state index is 0.0564. The smallest absolute Gasteiger partial charge is 0.293 e. The largest absolute Gasteiger partial charge is 0.362 e. The number of carbonyl (C=O) groups is 1. The van der Waals surface area contributed by atoms with Crippen molar-refractivity contribution < 1.29 is 18.1 Å². The van der Waals surface area contributed by atoms with E-state index in [1.54, 1.807) is 11.9 Å². The number of hydrogen-bond acceptors (Lipinski definition) is 7. The van der Waals surface area contributed by atoms with Crippen molar-refractivity contribution in [2.45, 2.75) is 11.8 Å². The van der Waals surface area contributed by atoms with Gasteiger partial charge < -0.3 is 15.1 Å². The van der Waals surface area contributed by atoms with E-state index in [1.807, 2.05) is 11.8 Å². The molecule has 1 aromatic rings. The van der Waals surface area contributed by atoms with Crippen LogP contribution in [0.25, 0.3) is 0 Å². The van der Waals surface area contributed by atoms with Crippen LogP contribution in [0.15, 0.2) is 23.1 Å². The molecule has 1 saturated heterocycles. The Hall–Kier alpha value is -2.20. The van der Waals surface area contributed by atoms with E-state index in [2.05, 4.69) is 5.32 Å². The molecule has 144 valence electrons. The molecular weight excluding hydrogens is 360 g/mol. The molecule has 2 rings (SSSR count). The van der Waals surface area contributed by atoms with Gasteiger partial charge in [-0.25, -0.2) is 8.42 Å². The standard InChI is InChI=1S/C16H24N4O5S/c1-12(11-17-2)16(21)19-8-6-18(7-9-19)14-5-4-13(26(3,24)25)10-15(14)20(22)23/h4-5,10,12,17H,6-9,11H2,1-3H3. The number of carbonyl (C=O) groups excluding carboxylic acids is 1. The first-order valence-corrected chi connectivity index (χ1v) is 10.2. The minimum Gasteiger partial charge on any atom is -0.362 e. The normalized spacial score (nSPS) is 16.4. The zero-order valence-electron chi connectivity index (χ0n) is 15.1. The third-order valence-electron chi connectivity index (χ3n) is 4.44. The Morgan fingerprint density at radius 3 is 2.42 bits per heavy atom. The Balaban J connectivity index is 2.16. The highest BCUT2D eigenvalue weighted by Crippen LogP contribution is 2.31. The monoisotopic (exact) mass is 384 g/mol. The molecule has 0 bridgehead atoms. The summed E-state index contributed by atoms with van der Waals surface area (Å²) < 4.78 is 23.3. The van der Waals surface area contributed by atoms with Crippen molar-refractivity contribution in [2.24, 2.45) is 5.92 Å². The molecule has 1 heterocycles. The van der Waals surface area contributed by atoms with Crippen LogP contribution in [0.4, 0.5) is 11.4 Å². The number of piperazine rings is 1. The van der Waals surface area contributed by atoms with Gasteiger partial charge in [0, 0.05) is 51.0 Å². The van der Waals surface area contributed by atoms with Crippen molar-refractivity contribution >= 4 is 27.1 Å². The first-order chi connectivity index (χ1) is 12.1. The molecule has 0 aromatic heterocycles. The minimum atomic E-state index is -3.52. The van der Waals surface area contributed by atoms with E-state index in [-0.39, 0.29) is 22.4 Å². The topological polar surface area (TPSA) is 113 Å². The summed E-state index contributed by atoms with van der Waals surface area (Å²) in [4.78, 5) is 26.7. The first kappa shape index (κ1) is 20.1. The molecule has 0 saturated carbocycles. The van der Waals surface area contributed by atoms with Crippen LogP contribution < -0.4 is 10.2 Å². The maximum Gasteiger partial charge on any atom is 0.293 e. The number of anilines is 1. The molecule has 0 aliphatic carbocycles. The molecule has 9 nitrogen and oxygen atoms in total. The molecule has 1 aromatic carbocycles. The highest BCUT2D eigenvalue weighted by molar-refractivity contribution is 7.90. The predicted octanol–water partition coefficient (Wildman–Crippen LogP) is 0.502. The molecule has 0 spiro atoms. The summed E-state index contributed by atoms with van der Waals surface area (Å²) in [5.74, 6) is -0.0733. The van der Waals surface area contributed by atoms with Crippen LogP contribution in [0.1, 0.15) is 6.92 Å². The lowest BCUT2D eigenvalue weighted by Crippen LogP contribution is -2.51. The Bertz CT molecular complexity index is 788. The molecular formula is C16H24N4O5S. The summed E-state index contributed by atoms with van der Waals surface area (Å²) in [6.07, 6.45) is 1.02. The molecule has 0 radical (unpaired) electrons. The molecule has 1 fully saturated rings. The van der Waals surface area contributed by atoms with E-state index >= 15 is 0 Å². The fraction of sp³-hybridized carbons (Fsp3) is 0.562. The molecule has 1 N–H and O–H groups in total. The predicted molar refractivity (Wildman–Crippen MR) is 98.1 cm³/mol. The zero-order chi connectivity index (χ0) is 19.5. The van der Waals surface area contributed by atoms with Crippen LogP contribution >= 0.6 is 0 Å². The third kappa shape index (κ3) is 4.50. The van der Waals surface area contributed by atoms with Gasteiger partial charge in [0.15, 0.2) is 9.84 Å². The van der Waals surface area contributed by atoms with Crippen LogP contribution in [-0.4, -0.2) is 70.2 Å². The Morgan fingerprint density at radius 1 is 1.31 bits per heavy atom. The zero-order valence-corrected chi connectivity index (χ0v) is 16.0. The lowest BCUT2D eigenvalue weighted by molar-refractivity contribution is -0.384.